The summed E-state index contributed by atoms with van der Waals surface area (Å²) in [5.74, 6) is 0. The average Bonchev–Trinajstić information content (AvgIpc) is 2.56. The van der Waals surface area contributed by atoms with Gasteiger partial charge in [0.05, 0.1) is 0 Å². The molecule has 0 bridgehead atoms. The van der Waals surface area contributed by atoms with Gasteiger partial charge in [-0.1, -0.05) is 48.9 Å². The van der Waals surface area contributed by atoms with Crippen molar-refractivity contribution in [3.63, 3.8) is 0 Å². The molecule has 2 aromatic rings. The van der Waals surface area contributed by atoms with Crippen molar-refractivity contribution in [2.45, 2.75) is 25.8 Å². The fraction of sp³-hybridized carbons (Fsp3) is 0.316. The molecule has 2 aromatic carbocycles. The molecule has 1 aliphatic rings. The van der Waals surface area contributed by atoms with Gasteiger partial charge in [-0.25, -0.2) is 0 Å². The number of piperidine rings is 1. The topological polar surface area (TPSA) is 20.3 Å². The van der Waals surface area contributed by atoms with Crippen molar-refractivity contribution in [1.82, 2.24) is 4.90 Å². The van der Waals surface area contributed by atoms with Gasteiger partial charge < -0.3 is 0 Å². The summed E-state index contributed by atoms with van der Waals surface area (Å²) in [7, 11) is 0. The maximum atomic E-state index is 11.1. The SMILES string of the molecule is O=Cc1ccc(-c2ccccc2)c(CN2CCCCC2)c1. The van der Waals surface area contributed by atoms with Gasteiger partial charge in [0.15, 0.2) is 0 Å². The number of nitrogens with zero attached hydrogens (tertiary/aromatic N) is 1. The van der Waals surface area contributed by atoms with Crippen molar-refractivity contribution >= 4 is 6.29 Å². The first-order chi connectivity index (χ1) is 10.4. The van der Waals surface area contributed by atoms with E-state index in [0.29, 0.717) is 0 Å². The fourth-order valence-corrected chi connectivity index (χ4v) is 3.08. The van der Waals surface area contributed by atoms with Crippen LogP contribution in [-0.2, 0) is 6.54 Å². The Morgan fingerprint density at radius 2 is 1.71 bits per heavy atom. The molecule has 1 aliphatic heterocycles. The van der Waals surface area contributed by atoms with Crippen LogP contribution in [0.4, 0.5) is 0 Å². The van der Waals surface area contributed by atoms with E-state index in [1.807, 2.05) is 18.2 Å². The zero-order valence-electron chi connectivity index (χ0n) is 12.3. The Morgan fingerprint density at radius 3 is 2.43 bits per heavy atom. The third-order valence-corrected chi connectivity index (χ3v) is 4.19. The normalized spacial score (nSPS) is 15.8. The van der Waals surface area contributed by atoms with E-state index in [-0.39, 0.29) is 0 Å². The second-order valence-electron chi connectivity index (χ2n) is 5.74. The molecule has 1 saturated heterocycles. The minimum atomic E-state index is 0.765. The Hall–Kier alpha value is -1.93. The summed E-state index contributed by atoms with van der Waals surface area (Å²) >= 11 is 0. The zero-order chi connectivity index (χ0) is 14.5. The number of carbonyl (C=O) groups is 1. The Labute approximate surface area is 126 Å². The third-order valence-electron chi connectivity index (χ3n) is 4.19. The average molecular weight is 279 g/mol. The Bertz CT molecular complexity index is 600. The van der Waals surface area contributed by atoms with Gasteiger partial charge in [-0.05, 0) is 48.7 Å². The van der Waals surface area contributed by atoms with E-state index < -0.39 is 0 Å². The number of benzene rings is 2. The van der Waals surface area contributed by atoms with Crippen molar-refractivity contribution in [3.8, 4) is 11.1 Å². The molecule has 0 atom stereocenters. The molecule has 3 rings (SSSR count). The molecule has 0 aromatic heterocycles. The van der Waals surface area contributed by atoms with E-state index in [1.165, 1.54) is 49.0 Å². The summed E-state index contributed by atoms with van der Waals surface area (Å²) < 4.78 is 0. The highest BCUT2D eigenvalue weighted by molar-refractivity contribution is 5.78. The number of aldehydes is 1. The van der Waals surface area contributed by atoms with Crippen molar-refractivity contribution in [3.05, 3.63) is 59.7 Å². The lowest BCUT2D eigenvalue weighted by molar-refractivity contribution is 0.112. The molecule has 1 heterocycles. The minimum absolute atomic E-state index is 0.765. The van der Waals surface area contributed by atoms with Crippen LogP contribution < -0.4 is 0 Å². The Balaban J connectivity index is 1.93. The summed E-state index contributed by atoms with van der Waals surface area (Å²) in [6.45, 7) is 3.27. The van der Waals surface area contributed by atoms with Crippen molar-refractivity contribution in [1.29, 1.82) is 0 Å². The number of carbonyl (C=O) groups excluding carboxylic acids is 1. The number of rotatable bonds is 4. The van der Waals surface area contributed by atoms with E-state index in [9.17, 15) is 4.79 Å². The van der Waals surface area contributed by atoms with Crippen LogP contribution in [0.3, 0.4) is 0 Å². The molecule has 0 aliphatic carbocycles. The number of hydrogen-bond donors (Lipinski definition) is 0. The van der Waals surface area contributed by atoms with E-state index in [2.05, 4.69) is 35.2 Å². The highest BCUT2D eigenvalue weighted by Crippen LogP contribution is 2.26. The summed E-state index contributed by atoms with van der Waals surface area (Å²) in [5.41, 5.74) is 4.49. The minimum Gasteiger partial charge on any atom is -0.299 e. The lowest BCUT2D eigenvalue weighted by Gasteiger charge is -2.27. The van der Waals surface area contributed by atoms with Crippen LogP contribution in [-0.4, -0.2) is 24.3 Å². The predicted molar refractivity (Wildman–Crippen MR) is 86.4 cm³/mol. The van der Waals surface area contributed by atoms with Gasteiger partial charge in [-0.3, -0.25) is 9.69 Å². The van der Waals surface area contributed by atoms with Crippen molar-refractivity contribution < 1.29 is 4.79 Å². The summed E-state index contributed by atoms with van der Waals surface area (Å²) in [5, 5.41) is 0. The van der Waals surface area contributed by atoms with E-state index in [1.54, 1.807) is 0 Å². The third kappa shape index (κ3) is 3.40. The Morgan fingerprint density at radius 1 is 0.952 bits per heavy atom. The highest BCUT2D eigenvalue weighted by atomic mass is 16.1. The van der Waals surface area contributed by atoms with Gasteiger partial charge >= 0.3 is 0 Å². The first-order valence-corrected chi connectivity index (χ1v) is 7.73. The van der Waals surface area contributed by atoms with Gasteiger partial charge in [0, 0.05) is 12.1 Å². The second-order valence-corrected chi connectivity index (χ2v) is 5.74. The van der Waals surface area contributed by atoms with Crippen molar-refractivity contribution in [2.24, 2.45) is 0 Å². The molecule has 0 radical (unpaired) electrons. The quantitative estimate of drug-likeness (QED) is 0.784. The first-order valence-electron chi connectivity index (χ1n) is 7.73. The fourth-order valence-electron chi connectivity index (χ4n) is 3.08. The molecule has 0 unspecified atom stereocenters. The molecular weight excluding hydrogens is 258 g/mol. The van der Waals surface area contributed by atoms with Crippen LogP contribution in [0, 0.1) is 0 Å². The Kier molecular flexibility index (Phi) is 4.46. The van der Waals surface area contributed by atoms with Crippen molar-refractivity contribution in [2.75, 3.05) is 13.1 Å². The molecule has 2 heteroatoms. The van der Waals surface area contributed by atoms with Crippen LogP contribution in [0.15, 0.2) is 48.5 Å². The van der Waals surface area contributed by atoms with Crippen LogP contribution >= 0.6 is 0 Å². The summed E-state index contributed by atoms with van der Waals surface area (Å²) in [6, 6.07) is 16.5. The maximum absolute atomic E-state index is 11.1. The van der Waals surface area contributed by atoms with Crippen LogP contribution in [0.25, 0.3) is 11.1 Å². The standard InChI is InChI=1S/C19H21NO/c21-15-16-9-10-19(17-7-3-1-4-8-17)18(13-16)14-20-11-5-2-6-12-20/h1,3-4,7-10,13,15H,2,5-6,11-12,14H2. The van der Waals surface area contributed by atoms with Crippen LogP contribution in [0.5, 0.6) is 0 Å². The van der Waals surface area contributed by atoms with Gasteiger partial charge in [0.2, 0.25) is 0 Å². The smallest absolute Gasteiger partial charge is 0.150 e. The first kappa shape index (κ1) is 14.0. The molecule has 0 spiro atoms. The highest BCUT2D eigenvalue weighted by Gasteiger charge is 2.13. The molecule has 2 nitrogen and oxygen atoms in total. The summed E-state index contributed by atoms with van der Waals surface area (Å²) in [4.78, 5) is 13.6. The maximum Gasteiger partial charge on any atom is 0.150 e. The zero-order valence-corrected chi connectivity index (χ0v) is 12.3. The van der Waals surface area contributed by atoms with Crippen LogP contribution in [0.1, 0.15) is 35.2 Å². The molecular formula is C19H21NO. The summed E-state index contributed by atoms with van der Waals surface area (Å²) in [6.07, 6.45) is 4.85. The van der Waals surface area contributed by atoms with E-state index >= 15 is 0 Å². The molecule has 0 N–H and O–H groups in total. The molecule has 21 heavy (non-hydrogen) atoms. The van der Waals surface area contributed by atoms with E-state index in [4.69, 9.17) is 0 Å². The predicted octanol–water partition coefficient (Wildman–Crippen LogP) is 4.15. The van der Waals surface area contributed by atoms with E-state index in [0.717, 1.165) is 18.4 Å². The molecule has 0 amide bonds. The molecule has 1 fully saturated rings. The van der Waals surface area contributed by atoms with Crippen LogP contribution in [0.2, 0.25) is 0 Å². The van der Waals surface area contributed by atoms with Gasteiger partial charge in [0.25, 0.3) is 0 Å². The molecule has 108 valence electrons. The lowest BCUT2D eigenvalue weighted by atomic mass is 9.97. The monoisotopic (exact) mass is 279 g/mol. The van der Waals surface area contributed by atoms with Gasteiger partial charge in [0.1, 0.15) is 6.29 Å². The lowest BCUT2D eigenvalue weighted by Crippen LogP contribution is -2.29. The van der Waals surface area contributed by atoms with Gasteiger partial charge in [-0.2, -0.15) is 0 Å². The largest absolute Gasteiger partial charge is 0.299 e. The second kappa shape index (κ2) is 6.68. The van der Waals surface area contributed by atoms with Gasteiger partial charge in [-0.15, -0.1) is 0 Å². The molecule has 0 saturated carbocycles. The number of likely N-dealkylation sites (tertiary alicyclic amines) is 1. The number of hydrogen-bond acceptors (Lipinski definition) is 2.